The van der Waals surface area contributed by atoms with Crippen LogP contribution in [0.25, 0.3) is 0 Å². The smallest absolute Gasteiger partial charge is 0.354 e. The van der Waals surface area contributed by atoms with Crippen molar-refractivity contribution in [2.75, 3.05) is 26.7 Å². The summed E-state index contributed by atoms with van der Waals surface area (Å²) in [4.78, 5) is 28.8. The highest BCUT2D eigenvalue weighted by molar-refractivity contribution is 5.94. The molecule has 0 unspecified atom stereocenters. The molecule has 0 atom stereocenters. The molecule has 0 saturated carbocycles. The molecule has 2 N–H and O–H groups in total. The zero-order chi connectivity index (χ0) is 15.5. The second-order valence-corrected chi connectivity index (χ2v) is 6.03. The van der Waals surface area contributed by atoms with Gasteiger partial charge in [-0.1, -0.05) is 6.92 Å². The number of nitrogens with one attached hydrogen (secondary N) is 1. The molecule has 2 heterocycles. The van der Waals surface area contributed by atoms with Crippen molar-refractivity contribution in [3.8, 4) is 0 Å². The van der Waals surface area contributed by atoms with Gasteiger partial charge in [0.1, 0.15) is 5.69 Å². The first-order valence-electron chi connectivity index (χ1n) is 7.06. The van der Waals surface area contributed by atoms with Crippen LogP contribution < -0.4 is 5.32 Å². The third-order valence-corrected chi connectivity index (χ3v) is 4.11. The molecular formula is C15H21N3O3. The summed E-state index contributed by atoms with van der Waals surface area (Å²) in [5, 5.41) is 11.7. The number of carbonyl (C=O) groups is 2. The predicted molar refractivity (Wildman–Crippen MR) is 78.4 cm³/mol. The minimum absolute atomic E-state index is 0.0613. The van der Waals surface area contributed by atoms with E-state index in [2.05, 4.69) is 29.2 Å². The average molecular weight is 291 g/mol. The minimum atomic E-state index is -1.10. The number of pyridine rings is 1. The highest BCUT2D eigenvalue weighted by atomic mass is 16.4. The molecule has 0 radical (unpaired) electrons. The Morgan fingerprint density at radius 1 is 1.38 bits per heavy atom. The van der Waals surface area contributed by atoms with Crippen LogP contribution in [-0.4, -0.2) is 53.5 Å². The van der Waals surface area contributed by atoms with Gasteiger partial charge in [-0.05, 0) is 50.5 Å². The Kier molecular flexibility index (Phi) is 4.57. The summed E-state index contributed by atoms with van der Waals surface area (Å²) in [6, 6.07) is 2.83. The zero-order valence-corrected chi connectivity index (χ0v) is 12.4. The number of amides is 1. The van der Waals surface area contributed by atoms with Crippen molar-refractivity contribution in [3.63, 3.8) is 0 Å². The van der Waals surface area contributed by atoms with E-state index in [0.717, 1.165) is 25.9 Å². The fourth-order valence-electron chi connectivity index (χ4n) is 2.39. The largest absolute Gasteiger partial charge is 0.477 e. The molecule has 0 bridgehead atoms. The second kappa shape index (κ2) is 6.22. The van der Waals surface area contributed by atoms with Crippen LogP contribution in [0.2, 0.25) is 0 Å². The fourth-order valence-corrected chi connectivity index (χ4v) is 2.39. The highest BCUT2D eigenvalue weighted by Gasteiger charge is 2.29. The van der Waals surface area contributed by atoms with E-state index in [1.54, 1.807) is 0 Å². The standard InChI is InChI=1S/C15H21N3O3/c1-15(5-7-18(2)8-6-15)10-17-13(19)11-3-4-12(14(20)21)16-9-11/h3-4,9H,5-8,10H2,1-2H3,(H,17,19)(H,20,21). The lowest BCUT2D eigenvalue weighted by Gasteiger charge is -2.37. The van der Waals surface area contributed by atoms with Gasteiger partial charge in [0.15, 0.2) is 0 Å². The number of carbonyl (C=O) groups excluding carboxylic acids is 1. The summed E-state index contributed by atoms with van der Waals surface area (Å²) in [5.74, 6) is -1.31. The predicted octanol–water partition coefficient (Wildman–Crippen LogP) is 1.24. The Hall–Kier alpha value is -1.95. The van der Waals surface area contributed by atoms with Gasteiger partial charge in [0.05, 0.1) is 5.56 Å². The zero-order valence-electron chi connectivity index (χ0n) is 12.4. The molecule has 0 aliphatic carbocycles. The molecule has 2 rings (SSSR count). The second-order valence-electron chi connectivity index (χ2n) is 6.03. The number of aromatic carboxylic acids is 1. The Labute approximate surface area is 124 Å². The number of nitrogens with zero attached hydrogens (tertiary/aromatic N) is 2. The Bertz CT molecular complexity index is 519. The van der Waals surface area contributed by atoms with Gasteiger partial charge in [0.25, 0.3) is 5.91 Å². The SMILES string of the molecule is CN1CCC(C)(CNC(=O)c2ccc(C(=O)O)nc2)CC1. The maximum Gasteiger partial charge on any atom is 0.354 e. The number of carboxylic acids is 1. The molecule has 1 aromatic rings. The number of carboxylic acid groups (broad SMARTS) is 1. The van der Waals surface area contributed by atoms with Crippen LogP contribution in [0, 0.1) is 5.41 Å². The van der Waals surface area contributed by atoms with Crippen LogP contribution in [0.5, 0.6) is 0 Å². The minimum Gasteiger partial charge on any atom is -0.477 e. The maximum atomic E-state index is 12.1. The van der Waals surface area contributed by atoms with E-state index in [9.17, 15) is 9.59 Å². The number of likely N-dealkylation sites (tertiary alicyclic amines) is 1. The van der Waals surface area contributed by atoms with Gasteiger partial charge >= 0.3 is 5.97 Å². The molecule has 6 nitrogen and oxygen atoms in total. The molecule has 0 aromatic carbocycles. The molecule has 114 valence electrons. The van der Waals surface area contributed by atoms with Crippen LogP contribution in [-0.2, 0) is 0 Å². The van der Waals surface area contributed by atoms with Crippen molar-refractivity contribution in [1.29, 1.82) is 0 Å². The molecule has 1 fully saturated rings. The molecule has 0 spiro atoms. The molecule has 1 amide bonds. The Morgan fingerprint density at radius 3 is 2.57 bits per heavy atom. The maximum absolute atomic E-state index is 12.1. The third kappa shape index (κ3) is 4.01. The van der Waals surface area contributed by atoms with Gasteiger partial charge in [-0.25, -0.2) is 9.78 Å². The monoisotopic (exact) mass is 291 g/mol. The van der Waals surface area contributed by atoms with Gasteiger partial charge in [0, 0.05) is 12.7 Å². The Morgan fingerprint density at radius 2 is 2.05 bits per heavy atom. The van der Waals surface area contributed by atoms with Crippen LogP contribution in [0.15, 0.2) is 18.3 Å². The van der Waals surface area contributed by atoms with Crippen molar-refractivity contribution < 1.29 is 14.7 Å². The quantitative estimate of drug-likeness (QED) is 0.872. The number of hydrogen-bond acceptors (Lipinski definition) is 4. The first kappa shape index (κ1) is 15.4. The van der Waals surface area contributed by atoms with Crippen LogP contribution in [0.3, 0.4) is 0 Å². The van der Waals surface area contributed by atoms with Crippen molar-refractivity contribution in [3.05, 3.63) is 29.6 Å². The fraction of sp³-hybridized carbons (Fsp3) is 0.533. The number of aromatic nitrogens is 1. The van der Waals surface area contributed by atoms with Gasteiger partial charge in [-0.3, -0.25) is 4.79 Å². The van der Waals surface area contributed by atoms with Gasteiger partial charge < -0.3 is 15.3 Å². The number of piperidine rings is 1. The van der Waals surface area contributed by atoms with Crippen molar-refractivity contribution in [1.82, 2.24) is 15.2 Å². The molecule has 1 saturated heterocycles. The van der Waals surface area contributed by atoms with Gasteiger partial charge in [-0.15, -0.1) is 0 Å². The molecule has 21 heavy (non-hydrogen) atoms. The lowest BCUT2D eigenvalue weighted by atomic mass is 9.80. The van der Waals surface area contributed by atoms with Gasteiger partial charge in [0.2, 0.25) is 0 Å². The van der Waals surface area contributed by atoms with E-state index in [1.807, 2.05) is 0 Å². The van der Waals surface area contributed by atoms with Crippen molar-refractivity contribution in [2.45, 2.75) is 19.8 Å². The third-order valence-electron chi connectivity index (χ3n) is 4.11. The summed E-state index contributed by atoms with van der Waals surface area (Å²) in [5.41, 5.74) is 0.446. The molecule has 1 aromatic heterocycles. The molecule has 1 aliphatic heterocycles. The van der Waals surface area contributed by atoms with E-state index in [4.69, 9.17) is 5.11 Å². The molecule has 1 aliphatic rings. The van der Waals surface area contributed by atoms with Crippen LogP contribution in [0.4, 0.5) is 0 Å². The summed E-state index contributed by atoms with van der Waals surface area (Å²) < 4.78 is 0. The summed E-state index contributed by atoms with van der Waals surface area (Å²) in [7, 11) is 2.10. The van der Waals surface area contributed by atoms with Crippen molar-refractivity contribution in [2.24, 2.45) is 5.41 Å². The van der Waals surface area contributed by atoms with Gasteiger partial charge in [-0.2, -0.15) is 0 Å². The van der Waals surface area contributed by atoms with Crippen molar-refractivity contribution >= 4 is 11.9 Å². The summed E-state index contributed by atoms with van der Waals surface area (Å²) in [6.07, 6.45) is 3.41. The number of rotatable bonds is 4. The average Bonchev–Trinajstić information content (AvgIpc) is 2.48. The van der Waals surface area contributed by atoms with E-state index in [0.29, 0.717) is 12.1 Å². The lowest BCUT2D eigenvalue weighted by Crippen LogP contribution is -2.43. The van der Waals surface area contributed by atoms with Crippen LogP contribution in [0.1, 0.15) is 40.6 Å². The normalized spacial score (nSPS) is 18.2. The van der Waals surface area contributed by atoms with E-state index in [1.165, 1.54) is 18.3 Å². The van der Waals surface area contributed by atoms with E-state index in [-0.39, 0.29) is 17.0 Å². The van der Waals surface area contributed by atoms with E-state index >= 15 is 0 Å². The topological polar surface area (TPSA) is 82.5 Å². The van der Waals surface area contributed by atoms with Crippen LogP contribution >= 0.6 is 0 Å². The molecular weight excluding hydrogens is 270 g/mol. The highest BCUT2D eigenvalue weighted by Crippen LogP contribution is 2.29. The molecule has 6 heteroatoms. The first-order valence-corrected chi connectivity index (χ1v) is 7.06. The summed E-state index contributed by atoms with van der Waals surface area (Å²) in [6.45, 7) is 4.90. The summed E-state index contributed by atoms with van der Waals surface area (Å²) >= 11 is 0. The number of hydrogen-bond donors (Lipinski definition) is 2. The lowest BCUT2D eigenvalue weighted by molar-refractivity contribution is 0.0689. The first-order chi connectivity index (χ1) is 9.89. The van der Waals surface area contributed by atoms with E-state index < -0.39 is 5.97 Å². The Balaban J connectivity index is 1.91.